The minimum atomic E-state index is -0.530. The highest BCUT2D eigenvalue weighted by molar-refractivity contribution is 6.21. The number of nitrogens with zero attached hydrogens (tertiary/aromatic N) is 1. The summed E-state index contributed by atoms with van der Waals surface area (Å²) in [7, 11) is 0. The highest BCUT2D eigenvalue weighted by atomic mass is 16.5. The van der Waals surface area contributed by atoms with Gasteiger partial charge in [-0.1, -0.05) is 29.8 Å². The largest absolute Gasteiger partial charge is 0.457 e. The summed E-state index contributed by atoms with van der Waals surface area (Å²) in [4.78, 5) is 50.1. The number of hydrogen-bond donors (Lipinski definition) is 0. The van der Waals surface area contributed by atoms with Crippen LogP contribution in [0.25, 0.3) is 0 Å². The first kappa shape index (κ1) is 20.5. The topological polar surface area (TPSA) is 80.8 Å². The zero-order valence-corrected chi connectivity index (χ0v) is 16.8. The number of ketones is 1. The molecule has 29 heavy (non-hydrogen) atoms. The summed E-state index contributed by atoms with van der Waals surface area (Å²) < 4.78 is 5.10. The van der Waals surface area contributed by atoms with Crippen LogP contribution in [0.3, 0.4) is 0 Å². The van der Waals surface area contributed by atoms with Crippen molar-refractivity contribution in [2.24, 2.45) is 0 Å². The van der Waals surface area contributed by atoms with Crippen LogP contribution in [0, 0.1) is 20.8 Å². The Morgan fingerprint density at radius 1 is 0.931 bits per heavy atom. The van der Waals surface area contributed by atoms with Gasteiger partial charge in [0.15, 0.2) is 6.61 Å². The summed E-state index contributed by atoms with van der Waals surface area (Å²) in [5, 5.41) is 0. The molecule has 0 fully saturated rings. The van der Waals surface area contributed by atoms with E-state index >= 15 is 0 Å². The van der Waals surface area contributed by atoms with Gasteiger partial charge in [-0.25, -0.2) is 0 Å². The van der Waals surface area contributed by atoms with Gasteiger partial charge in [0.25, 0.3) is 11.8 Å². The van der Waals surface area contributed by atoms with Crippen LogP contribution in [0.5, 0.6) is 0 Å². The molecule has 3 rings (SSSR count). The van der Waals surface area contributed by atoms with E-state index in [4.69, 9.17) is 4.74 Å². The number of ether oxygens (including phenoxy) is 1. The fourth-order valence-corrected chi connectivity index (χ4v) is 3.73. The van der Waals surface area contributed by atoms with Crippen LogP contribution in [0.2, 0.25) is 0 Å². The monoisotopic (exact) mass is 393 g/mol. The van der Waals surface area contributed by atoms with Gasteiger partial charge in [-0.15, -0.1) is 0 Å². The van der Waals surface area contributed by atoms with Crippen LogP contribution >= 0.6 is 0 Å². The molecule has 0 N–H and O–H groups in total. The maximum absolute atomic E-state index is 12.4. The minimum Gasteiger partial charge on any atom is -0.457 e. The lowest BCUT2D eigenvalue weighted by atomic mass is 9.97. The van der Waals surface area contributed by atoms with Gasteiger partial charge in [0.2, 0.25) is 5.78 Å². The van der Waals surface area contributed by atoms with Crippen molar-refractivity contribution in [2.75, 3.05) is 13.2 Å². The second kappa shape index (κ2) is 8.39. The highest BCUT2D eigenvalue weighted by Gasteiger charge is 2.34. The maximum Gasteiger partial charge on any atom is 0.306 e. The Bertz CT molecular complexity index is 950. The number of rotatable bonds is 7. The first-order valence-corrected chi connectivity index (χ1v) is 9.51. The zero-order valence-electron chi connectivity index (χ0n) is 16.8. The van der Waals surface area contributed by atoms with Crippen LogP contribution in [0.1, 0.15) is 60.6 Å². The number of imide groups is 1. The van der Waals surface area contributed by atoms with Crippen LogP contribution in [0.15, 0.2) is 36.4 Å². The second-order valence-corrected chi connectivity index (χ2v) is 7.27. The lowest BCUT2D eigenvalue weighted by Crippen LogP contribution is -2.31. The number of carbonyl (C=O) groups excluding carboxylic acids is 4. The van der Waals surface area contributed by atoms with Gasteiger partial charge in [0.05, 0.1) is 11.1 Å². The van der Waals surface area contributed by atoms with Crippen molar-refractivity contribution < 1.29 is 23.9 Å². The lowest BCUT2D eigenvalue weighted by molar-refractivity contribution is -0.142. The Morgan fingerprint density at radius 3 is 2.03 bits per heavy atom. The van der Waals surface area contributed by atoms with E-state index in [-0.39, 0.29) is 43.6 Å². The SMILES string of the molecule is Cc1cc(C)c(C(=O)COC(=O)CCCN2C(=O)c3ccccc3C2=O)c(C)c1. The molecule has 0 bridgehead atoms. The molecule has 150 valence electrons. The second-order valence-electron chi connectivity index (χ2n) is 7.27. The van der Waals surface area contributed by atoms with E-state index in [1.54, 1.807) is 24.3 Å². The molecule has 0 aliphatic carbocycles. The zero-order chi connectivity index (χ0) is 21.1. The molecule has 0 radical (unpaired) electrons. The Hall–Kier alpha value is -3.28. The van der Waals surface area contributed by atoms with E-state index in [1.165, 1.54) is 0 Å². The average Bonchev–Trinajstić information content (AvgIpc) is 2.91. The van der Waals surface area contributed by atoms with Crippen LogP contribution in [-0.2, 0) is 9.53 Å². The molecule has 0 spiro atoms. The van der Waals surface area contributed by atoms with E-state index in [0.717, 1.165) is 21.6 Å². The summed E-state index contributed by atoms with van der Waals surface area (Å²) in [6.07, 6.45) is 0.299. The third kappa shape index (κ3) is 4.26. The van der Waals surface area contributed by atoms with Crippen LogP contribution < -0.4 is 0 Å². The van der Waals surface area contributed by atoms with Crippen LogP contribution in [0.4, 0.5) is 0 Å². The van der Waals surface area contributed by atoms with E-state index in [9.17, 15) is 19.2 Å². The highest BCUT2D eigenvalue weighted by Crippen LogP contribution is 2.22. The number of hydrogen-bond acceptors (Lipinski definition) is 5. The number of carbonyl (C=O) groups is 4. The number of benzene rings is 2. The summed E-state index contributed by atoms with van der Waals surface area (Å²) in [6, 6.07) is 10.5. The maximum atomic E-state index is 12.4. The summed E-state index contributed by atoms with van der Waals surface area (Å²) >= 11 is 0. The summed E-state index contributed by atoms with van der Waals surface area (Å²) in [5.74, 6) is -1.47. The Kier molecular flexibility index (Phi) is 5.92. The Balaban J connectivity index is 1.48. The molecule has 0 saturated heterocycles. The smallest absolute Gasteiger partial charge is 0.306 e. The van der Waals surface area contributed by atoms with Gasteiger partial charge in [-0.2, -0.15) is 0 Å². The molecule has 1 heterocycles. The number of aryl methyl sites for hydroxylation is 3. The van der Waals surface area contributed by atoms with Gasteiger partial charge in [0, 0.05) is 18.5 Å². The standard InChI is InChI=1S/C23H23NO5/c1-14-11-15(2)21(16(3)12-14)19(25)13-29-20(26)9-6-10-24-22(27)17-7-4-5-8-18(17)23(24)28/h4-5,7-8,11-12H,6,9-10,13H2,1-3H3. The predicted octanol–water partition coefficient (Wildman–Crippen LogP) is 3.41. The summed E-state index contributed by atoms with van der Waals surface area (Å²) in [5.41, 5.74) is 4.13. The fourth-order valence-electron chi connectivity index (χ4n) is 3.73. The van der Waals surface area contributed by atoms with Crippen molar-refractivity contribution in [3.8, 4) is 0 Å². The van der Waals surface area contributed by atoms with Crippen molar-refractivity contribution in [3.05, 3.63) is 69.8 Å². The molecular formula is C23H23NO5. The molecule has 1 aliphatic heterocycles. The Labute approximate surface area is 169 Å². The molecule has 0 unspecified atom stereocenters. The third-order valence-electron chi connectivity index (χ3n) is 4.96. The van der Waals surface area contributed by atoms with E-state index in [1.807, 2.05) is 32.9 Å². The number of Topliss-reactive ketones (excluding diaryl/α,β-unsaturated/α-hetero) is 1. The van der Waals surface area contributed by atoms with Gasteiger partial charge in [-0.05, 0) is 50.5 Å². The van der Waals surface area contributed by atoms with Crippen molar-refractivity contribution >= 4 is 23.6 Å². The molecular weight excluding hydrogens is 370 g/mol. The number of fused-ring (bicyclic) bond motifs is 1. The van der Waals surface area contributed by atoms with Crippen molar-refractivity contribution in [2.45, 2.75) is 33.6 Å². The molecule has 2 aromatic rings. The molecule has 1 aliphatic rings. The normalized spacial score (nSPS) is 12.9. The van der Waals surface area contributed by atoms with E-state index in [0.29, 0.717) is 16.7 Å². The first-order valence-electron chi connectivity index (χ1n) is 9.51. The molecule has 6 heteroatoms. The molecule has 0 aromatic heterocycles. The van der Waals surface area contributed by atoms with Crippen LogP contribution in [-0.4, -0.2) is 41.6 Å². The van der Waals surface area contributed by atoms with Gasteiger partial charge in [0.1, 0.15) is 0 Å². The first-order chi connectivity index (χ1) is 13.8. The van der Waals surface area contributed by atoms with Gasteiger partial charge in [-0.3, -0.25) is 24.1 Å². The van der Waals surface area contributed by atoms with Gasteiger partial charge >= 0.3 is 5.97 Å². The Morgan fingerprint density at radius 2 is 1.48 bits per heavy atom. The van der Waals surface area contributed by atoms with Crippen molar-refractivity contribution in [1.29, 1.82) is 0 Å². The van der Waals surface area contributed by atoms with E-state index < -0.39 is 5.97 Å². The number of amides is 2. The van der Waals surface area contributed by atoms with Crippen molar-refractivity contribution in [1.82, 2.24) is 4.90 Å². The molecule has 2 amide bonds. The average molecular weight is 393 g/mol. The van der Waals surface area contributed by atoms with Gasteiger partial charge < -0.3 is 4.74 Å². The van der Waals surface area contributed by atoms with E-state index in [2.05, 4.69) is 0 Å². The minimum absolute atomic E-state index is 0.0204. The quantitative estimate of drug-likeness (QED) is 0.409. The number of esters is 1. The molecule has 2 aromatic carbocycles. The fraction of sp³-hybridized carbons (Fsp3) is 0.304. The third-order valence-corrected chi connectivity index (χ3v) is 4.96. The molecule has 0 atom stereocenters. The summed E-state index contributed by atoms with van der Waals surface area (Å²) in [6.45, 7) is 5.49. The van der Waals surface area contributed by atoms with Crippen molar-refractivity contribution in [3.63, 3.8) is 0 Å². The predicted molar refractivity (Wildman–Crippen MR) is 107 cm³/mol. The molecule has 0 saturated carbocycles. The molecule has 6 nitrogen and oxygen atoms in total. The lowest BCUT2D eigenvalue weighted by Gasteiger charge is -2.13.